The molecular formula is C22H41NO7. The molecule has 0 aliphatic heterocycles. The Morgan fingerprint density at radius 3 is 1.77 bits per heavy atom. The second-order valence-electron chi connectivity index (χ2n) is 8.50. The molecule has 0 aromatic rings. The number of aliphatic hydroxyl groups excluding tert-OH is 1. The summed E-state index contributed by atoms with van der Waals surface area (Å²) in [6, 6.07) is 0. The first-order chi connectivity index (χ1) is 13.7. The molecule has 8 heteroatoms. The van der Waals surface area contributed by atoms with Crippen LogP contribution in [0.5, 0.6) is 0 Å². The largest absolute Gasteiger partial charge is 0.464 e. The maximum Gasteiger partial charge on any atom is 0.330 e. The number of carbonyl (C=O) groups excluding carboxylic acids is 3. The van der Waals surface area contributed by atoms with Gasteiger partial charge in [0, 0.05) is 12.6 Å². The molecule has 0 fully saturated rings. The number of hydrogen-bond acceptors (Lipinski definition) is 8. The minimum Gasteiger partial charge on any atom is -0.464 e. The topological polar surface area (TPSA) is 102 Å². The van der Waals surface area contributed by atoms with Crippen molar-refractivity contribution in [3.8, 4) is 0 Å². The fourth-order valence-corrected chi connectivity index (χ4v) is 1.46. The van der Waals surface area contributed by atoms with Gasteiger partial charge in [0.25, 0.3) is 0 Å². The number of likely N-dealkylation sites (N-methyl/N-ethyl adjacent to an activating group) is 1. The van der Waals surface area contributed by atoms with E-state index in [0.717, 1.165) is 19.0 Å². The molecule has 0 amide bonds. The van der Waals surface area contributed by atoms with E-state index in [1.54, 1.807) is 13.8 Å². The predicted octanol–water partition coefficient (Wildman–Crippen LogP) is 2.58. The number of ether oxygens (including phenoxy) is 3. The molecule has 1 N–H and O–H groups in total. The molecule has 0 rings (SSSR count). The summed E-state index contributed by atoms with van der Waals surface area (Å²) in [4.78, 5) is 35.7. The monoisotopic (exact) mass is 431 g/mol. The second kappa shape index (κ2) is 15.0. The van der Waals surface area contributed by atoms with Crippen molar-refractivity contribution in [2.75, 3.05) is 40.5 Å². The third kappa shape index (κ3) is 14.1. The highest BCUT2D eigenvalue weighted by molar-refractivity contribution is 5.81. The molecule has 0 spiro atoms. The van der Waals surface area contributed by atoms with Crippen LogP contribution in [0.3, 0.4) is 0 Å². The first kappa shape index (κ1) is 30.3. The fraction of sp³-hybridized carbons (Fsp3) is 0.773. The Morgan fingerprint density at radius 2 is 1.37 bits per heavy atom. The van der Waals surface area contributed by atoms with Crippen LogP contribution in [-0.2, 0) is 28.6 Å². The summed E-state index contributed by atoms with van der Waals surface area (Å²) >= 11 is 0. The van der Waals surface area contributed by atoms with Crippen molar-refractivity contribution in [3.63, 3.8) is 0 Å². The van der Waals surface area contributed by atoms with Crippen LogP contribution >= 0.6 is 0 Å². The zero-order chi connectivity index (χ0) is 24.0. The van der Waals surface area contributed by atoms with Crippen LogP contribution in [0, 0.1) is 10.8 Å². The van der Waals surface area contributed by atoms with E-state index in [-0.39, 0.29) is 30.6 Å². The SMILES string of the molecule is C=CC(=O)OCC(O)COC(=O)C(C)(C)CC.CCC(C)(C)C(=O)OCCN(C)C. The van der Waals surface area contributed by atoms with Crippen LogP contribution in [0.1, 0.15) is 54.4 Å². The Hall–Kier alpha value is -1.93. The molecule has 0 radical (unpaired) electrons. The van der Waals surface area contributed by atoms with Crippen molar-refractivity contribution >= 4 is 17.9 Å². The molecular weight excluding hydrogens is 390 g/mol. The summed E-state index contributed by atoms with van der Waals surface area (Å²) in [6.07, 6.45) is 1.44. The van der Waals surface area contributed by atoms with Gasteiger partial charge in [0.05, 0.1) is 10.8 Å². The van der Waals surface area contributed by atoms with E-state index in [1.165, 1.54) is 0 Å². The van der Waals surface area contributed by atoms with Crippen LogP contribution in [0.25, 0.3) is 0 Å². The van der Waals surface area contributed by atoms with Gasteiger partial charge in [0.2, 0.25) is 0 Å². The summed E-state index contributed by atoms with van der Waals surface area (Å²) in [6.45, 7) is 15.3. The van der Waals surface area contributed by atoms with Crippen molar-refractivity contribution in [3.05, 3.63) is 12.7 Å². The van der Waals surface area contributed by atoms with Crippen molar-refractivity contribution in [2.45, 2.75) is 60.5 Å². The van der Waals surface area contributed by atoms with E-state index < -0.39 is 17.5 Å². The van der Waals surface area contributed by atoms with E-state index in [0.29, 0.717) is 13.0 Å². The zero-order valence-electron chi connectivity index (χ0n) is 19.9. The summed E-state index contributed by atoms with van der Waals surface area (Å²) in [5.74, 6) is -1.10. The number of rotatable bonds is 12. The summed E-state index contributed by atoms with van der Waals surface area (Å²) in [5.41, 5.74) is -0.913. The quantitative estimate of drug-likeness (QED) is 0.286. The van der Waals surface area contributed by atoms with Gasteiger partial charge in [0.1, 0.15) is 25.9 Å². The van der Waals surface area contributed by atoms with Crippen molar-refractivity contribution < 1.29 is 33.7 Å². The number of aliphatic hydroxyl groups is 1. The van der Waals surface area contributed by atoms with Crippen LogP contribution in [-0.4, -0.2) is 74.5 Å². The molecule has 1 unspecified atom stereocenters. The van der Waals surface area contributed by atoms with Gasteiger partial charge in [0.15, 0.2) is 0 Å². The average molecular weight is 432 g/mol. The lowest BCUT2D eigenvalue weighted by molar-refractivity contribution is -0.159. The Morgan fingerprint density at radius 1 is 0.933 bits per heavy atom. The van der Waals surface area contributed by atoms with Crippen LogP contribution in [0.4, 0.5) is 0 Å². The Kier molecular flexibility index (Phi) is 15.1. The molecule has 0 heterocycles. The van der Waals surface area contributed by atoms with Gasteiger partial charge >= 0.3 is 17.9 Å². The van der Waals surface area contributed by atoms with Gasteiger partial charge < -0.3 is 24.2 Å². The molecule has 0 saturated carbocycles. The Balaban J connectivity index is 0. The second-order valence-corrected chi connectivity index (χ2v) is 8.50. The van der Waals surface area contributed by atoms with Gasteiger partial charge in [-0.15, -0.1) is 0 Å². The smallest absolute Gasteiger partial charge is 0.330 e. The third-order valence-corrected chi connectivity index (χ3v) is 4.64. The van der Waals surface area contributed by atoms with Gasteiger partial charge in [-0.1, -0.05) is 20.4 Å². The maximum absolute atomic E-state index is 11.5. The highest BCUT2D eigenvalue weighted by Gasteiger charge is 2.28. The van der Waals surface area contributed by atoms with Gasteiger partial charge in [-0.3, -0.25) is 9.59 Å². The van der Waals surface area contributed by atoms with Crippen LogP contribution < -0.4 is 0 Å². The molecule has 8 nitrogen and oxygen atoms in total. The lowest BCUT2D eigenvalue weighted by Crippen LogP contribution is -2.31. The number of hydrogen-bond donors (Lipinski definition) is 1. The standard InChI is InChI=1S/C12H20O5.C10H21NO2/c1-5-10(14)16-7-9(13)8-17-11(15)12(3,4)6-2;1-6-10(2,3)9(12)13-8-7-11(4)5/h5,9,13H,1,6-8H2,2-4H3;6-8H2,1-5H3. The maximum atomic E-state index is 11.5. The van der Waals surface area contributed by atoms with Crippen molar-refractivity contribution in [1.82, 2.24) is 4.90 Å². The molecule has 0 aliphatic carbocycles. The molecule has 0 bridgehead atoms. The summed E-state index contributed by atoms with van der Waals surface area (Å²) in [5, 5.41) is 9.39. The van der Waals surface area contributed by atoms with E-state index in [4.69, 9.17) is 9.47 Å². The highest BCUT2D eigenvalue weighted by atomic mass is 16.6. The molecule has 0 aromatic carbocycles. The van der Waals surface area contributed by atoms with E-state index >= 15 is 0 Å². The minimum absolute atomic E-state index is 0.100. The number of esters is 3. The molecule has 176 valence electrons. The fourth-order valence-electron chi connectivity index (χ4n) is 1.46. The lowest BCUT2D eigenvalue weighted by atomic mass is 9.91. The molecule has 1 atom stereocenters. The van der Waals surface area contributed by atoms with Gasteiger partial charge in [-0.05, 0) is 54.6 Å². The lowest BCUT2D eigenvalue weighted by Gasteiger charge is -2.21. The number of nitrogens with zero attached hydrogens (tertiary/aromatic N) is 1. The average Bonchev–Trinajstić information content (AvgIpc) is 2.69. The zero-order valence-corrected chi connectivity index (χ0v) is 19.9. The highest BCUT2D eigenvalue weighted by Crippen LogP contribution is 2.22. The first-order valence-corrected chi connectivity index (χ1v) is 10.2. The molecule has 0 saturated heterocycles. The van der Waals surface area contributed by atoms with E-state index in [2.05, 4.69) is 11.3 Å². The van der Waals surface area contributed by atoms with Crippen LogP contribution in [0.2, 0.25) is 0 Å². The normalized spacial score (nSPS) is 12.3. The van der Waals surface area contributed by atoms with E-state index in [9.17, 15) is 19.5 Å². The number of carbonyl (C=O) groups is 3. The predicted molar refractivity (Wildman–Crippen MR) is 116 cm³/mol. The van der Waals surface area contributed by atoms with Crippen molar-refractivity contribution in [1.29, 1.82) is 0 Å². The van der Waals surface area contributed by atoms with Gasteiger partial charge in [-0.2, -0.15) is 0 Å². The Labute approximate surface area is 181 Å². The van der Waals surface area contributed by atoms with Crippen LogP contribution in [0.15, 0.2) is 12.7 Å². The molecule has 30 heavy (non-hydrogen) atoms. The first-order valence-electron chi connectivity index (χ1n) is 10.2. The van der Waals surface area contributed by atoms with Gasteiger partial charge in [-0.25, -0.2) is 4.79 Å². The van der Waals surface area contributed by atoms with Crippen molar-refractivity contribution in [2.24, 2.45) is 10.8 Å². The third-order valence-electron chi connectivity index (χ3n) is 4.64. The molecule has 0 aliphatic rings. The van der Waals surface area contributed by atoms with E-state index in [1.807, 2.05) is 46.7 Å². The molecule has 0 aromatic heterocycles. The summed E-state index contributed by atoms with van der Waals surface area (Å²) < 4.78 is 14.6. The Bertz CT molecular complexity index is 542. The minimum atomic E-state index is -1.02. The summed E-state index contributed by atoms with van der Waals surface area (Å²) in [7, 11) is 3.91.